The molecule has 0 unspecified atom stereocenters. The number of nitrogens with zero attached hydrogens (tertiary/aromatic N) is 4. The number of fused-ring (bicyclic) bond motifs is 1. The number of aldehydes is 1. The maximum absolute atomic E-state index is 10.9. The maximum atomic E-state index is 10.9. The second kappa shape index (κ2) is 5.23. The summed E-state index contributed by atoms with van der Waals surface area (Å²) < 4.78 is 2.06. The van der Waals surface area contributed by atoms with E-state index in [9.17, 15) is 4.79 Å². The van der Waals surface area contributed by atoms with Gasteiger partial charge in [0.05, 0.1) is 34.7 Å². The van der Waals surface area contributed by atoms with Gasteiger partial charge in [-0.2, -0.15) is 5.10 Å². The van der Waals surface area contributed by atoms with Crippen LogP contribution in [0.15, 0.2) is 36.7 Å². The van der Waals surface area contributed by atoms with Crippen molar-refractivity contribution in [1.29, 1.82) is 0 Å². The first kappa shape index (κ1) is 13.8. The number of carbonyl (C=O) groups excluding carboxylic acids is 1. The summed E-state index contributed by atoms with van der Waals surface area (Å²) in [6.07, 6.45) is 9.23. The SMILES string of the molecule is O=CC1CC(n2cc(-c3cnc4ccccc4n3)c(C3CC3)n2)C1. The molecule has 2 aliphatic carbocycles. The molecule has 0 atom stereocenters. The molecule has 2 aliphatic rings. The lowest BCUT2D eigenvalue weighted by molar-refractivity contribution is -0.114. The molecule has 0 amide bonds. The van der Waals surface area contributed by atoms with E-state index in [4.69, 9.17) is 10.1 Å². The number of rotatable bonds is 4. The second-order valence-corrected chi connectivity index (χ2v) is 6.95. The third-order valence-corrected chi connectivity index (χ3v) is 5.17. The van der Waals surface area contributed by atoms with Gasteiger partial charge in [-0.3, -0.25) is 9.67 Å². The number of aromatic nitrogens is 4. The van der Waals surface area contributed by atoms with Crippen molar-refractivity contribution in [3.63, 3.8) is 0 Å². The van der Waals surface area contributed by atoms with Crippen molar-refractivity contribution in [2.24, 2.45) is 5.92 Å². The van der Waals surface area contributed by atoms with Crippen LogP contribution in [0.25, 0.3) is 22.3 Å². The Kier molecular flexibility index (Phi) is 3.01. The molecule has 1 aromatic carbocycles. The average molecular weight is 318 g/mol. The predicted octanol–water partition coefficient (Wildman–Crippen LogP) is 3.52. The lowest BCUT2D eigenvalue weighted by atomic mass is 9.81. The molecule has 24 heavy (non-hydrogen) atoms. The summed E-state index contributed by atoms with van der Waals surface area (Å²) in [6.45, 7) is 0. The zero-order valence-electron chi connectivity index (χ0n) is 13.3. The van der Waals surface area contributed by atoms with Gasteiger partial charge >= 0.3 is 0 Å². The van der Waals surface area contributed by atoms with Gasteiger partial charge in [-0.1, -0.05) is 12.1 Å². The van der Waals surface area contributed by atoms with Gasteiger partial charge in [0.25, 0.3) is 0 Å². The summed E-state index contributed by atoms with van der Waals surface area (Å²) >= 11 is 0. The van der Waals surface area contributed by atoms with E-state index in [1.165, 1.54) is 12.8 Å². The Labute approximate surface area is 139 Å². The third-order valence-electron chi connectivity index (χ3n) is 5.17. The number of hydrogen-bond donors (Lipinski definition) is 0. The lowest BCUT2D eigenvalue weighted by Gasteiger charge is -2.31. The van der Waals surface area contributed by atoms with E-state index in [2.05, 4.69) is 15.9 Å². The van der Waals surface area contributed by atoms with Crippen molar-refractivity contribution in [3.05, 3.63) is 42.4 Å². The molecule has 2 saturated carbocycles. The van der Waals surface area contributed by atoms with Crippen molar-refractivity contribution < 1.29 is 4.79 Å². The molecule has 0 bridgehead atoms. The predicted molar refractivity (Wildman–Crippen MR) is 90.6 cm³/mol. The molecule has 2 aromatic heterocycles. The minimum atomic E-state index is 0.201. The van der Waals surface area contributed by atoms with Gasteiger partial charge in [0.2, 0.25) is 0 Å². The average Bonchev–Trinajstić information content (AvgIpc) is 3.33. The molecule has 5 heteroatoms. The molecule has 0 aliphatic heterocycles. The van der Waals surface area contributed by atoms with Crippen LogP contribution >= 0.6 is 0 Å². The van der Waals surface area contributed by atoms with Crippen molar-refractivity contribution in [2.75, 3.05) is 0 Å². The molecule has 0 saturated heterocycles. The van der Waals surface area contributed by atoms with E-state index in [1.807, 2.05) is 30.5 Å². The van der Waals surface area contributed by atoms with Gasteiger partial charge in [0.15, 0.2) is 0 Å². The normalized spacial score (nSPS) is 23.2. The molecule has 5 nitrogen and oxygen atoms in total. The van der Waals surface area contributed by atoms with Crippen molar-refractivity contribution >= 4 is 17.3 Å². The zero-order valence-corrected chi connectivity index (χ0v) is 13.3. The van der Waals surface area contributed by atoms with E-state index in [0.29, 0.717) is 12.0 Å². The quantitative estimate of drug-likeness (QED) is 0.691. The Morgan fingerprint density at radius 2 is 1.92 bits per heavy atom. The Morgan fingerprint density at radius 3 is 2.67 bits per heavy atom. The summed E-state index contributed by atoms with van der Waals surface area (Å²) in [5.41, 5.74) is 4.97. The van der Waals surface area contributed by atoms with Crippen LogP contribution in [-0.2, 0) is 4.79 Å². The Bertz CT molecular complexity index is 922. The first-order chi connectivity index (χ1) is 11.8. The van der Waals surface area contributed by atoms with E-state index < -0.39 is 0 Å². The van der Waals surface area contributed by atoms with E-state index >= 15 is 0 Å². The summed E-state index contributed by atoms with van der Waals surface area (Å²) in [5.74, 6) is 0.754. The van der Waals surface area contributed by atoms with Crippen LogP contribution in [-0.4, -0.2) is 26.0 Å². The van der Waals surface area contributed by atoms with Crippen LogP contribution in [0.5, 0.6) is 0 Å². The Morgan fingerprint density at radius 1 is 1.12 bits per heavy atom. The zero-order chi connectivity index (χ0) is 16.1. The number of carbonyl (C=O) groups is 1. The van der Waals surface area contributed by atoms with Crippen LogP contribution in [0.2, 0.25) is 0 Å². The van der Waals surface area contributed by atoms with Gasteiger partial charge in [0, 0.05) is 23.6 Å². The highest BCUT2D eigenvalue weighted by atomic mass is 16.1. The van der Waals surface area contributed by atoms with Crippen molar-refractivity contribution in [2.45, 2.75) is 37.6 Å². The monoisotopic (exact) mass is 318 g/mol. The number of hydrogen-bond acceptors (Lipinski definition) is 4. The standard InChI is InChI=1S/C19H18N4O/c24-11-12-7-14(8-12)23-10-15(19(22-23)13-5-6-13)18-9-20-16-3-1-2-4-17(16)21-18/h1-4,9-14H,5-8H2. The van der Waals surface area contributed by atoms with E-state index in [1.54, 1.807) is 0 Å². The maximum Gasteiger partial charge on any atom is 0.123 e. The van der Waals surface area contributed by atoms with Crippen LogP contribution in [0.3, 0.4) is 0 Å². The highest BCUT2D eigenvalue weighted by molar-refractivity contribution is 5.77. The molecule has 0 N–H and O–H groups in total. The number of benzene rings is 1. The Hall–Kier alpha value is -2.56. The second-order valence-electron chi connectivity index (χ2n) is 6.95. The third kappa shape index (κ3) is 2.23. The van der Waals surface area contributed by atoms with E-state index in [0.717, 1.165) is 47.1 Å². The largest absolute Gasteiger partial charge is 0.303 e. The van der Waals surface area contributed by atoms with Crippen LogP contribution in [0, 0.1) is 5.92 Å². The lowest BCUT2D eigenvalue weighted by Crippen LogP contribution is -2.28. The topological polar surface area (TPSA) is 60.7 Å². The molecular formula is C19H18N4O. The van der Waals surface area contributed by atoms with Gasteiger partial charge in [-0.15, -0.1) is 0 Å². The van der Waals surface area contributed by atoms with Crippen molar-refractivity contribution in [1.82, 2.24) is 19.7 Å². The molecule has 0 radical (unpaired) electrons. The summed E-state index contributed by atoms with van der Waals surface area (Å²) in [4.78, 5) is 20.2. The molecule has 120 valence electrons. The first-order valence-electron chi connectivity index (χ1n) is 8.58. The molecule has 2 heterocycles. The van der Waals surface area contributed by atoms with Gasteiger partial charge in [0.1, 0.15) is 6.29 Å². The first-order valence-corrected chi connectivity index (χ1v) is 8.58. The molecule has 2 fully saturated rings. The molecule has 0 spiro atoms. The summed E-state index contributed by atoms with van der Waals surface area (Å²) in [6, 6.07) is 8.28. The van der Waals surface area contributed by atoms with Gasteiger partial charge in [-0.05, 0) is 37.8 Å². The van der Waals surface area contributed by atoms with Crippen LogP contribution in [0.4, 0.5) is 0 Å². The smallest absolute Gasteiger partial charge is 0.123 e. The van der Waals surface area contributed by atoms with E-state index in [-0.39, 0.29) is 5.92 Å². The minimum Gasteiger partial charge on any atom is -0.303 e. The van der Waals surface area contributed by atoms with Gasteiger partial charge in [-0.25, -0.2) is 4.98 Å². The summed E-state index contributed by atoms with van der Waals surface area (Å²) in [5, 5.41) is 4.85. The van der Waals surface area contributed by atoms with Gasteiger partial charge < -0.3 is 4.79 Å². The Balaban J connectivity index is 1.55. The minimum absolute atomic E-state index is 0.201. The molecular weight excluding hydrogens is 300 g/mol. The highest BCUT2D eigenvalue weighted by Crippen LogP contribution is 2.45. The fourth-order valence-corrected chi connectivity index (χ4v) is 3.49. The van der Waals surface area contributed by atoms with Crippen LogP contribution < -0.4 is 0 Å². The van der Waals surface area contributed by atoms with Crippen LogP contribution in [0.1, 0.15) is 43.3 Å². The summed E-state index contributed by atoms with van der Waals surface area (Å²) in [7, 11) is 0. The fraction of sp³-hybridized carbons (Fsp3) is 0.368. The number of para-hydroxylation sites is 2. The fourth-order valence-electron chi connectivity index (χ4n) is 3.49. The van der Waals surface area contributed by atoms with Crippen molar-refractivity contribution in [3.8, 4) is 11.3 Å². The molecule has 3 aromatic rings. The molecule has 5 rings (SSSR count). The highest BCUT2D eigenvalue weighted by Gasteiger charge is 2.35.